The van der Waals surface area contributed by atoms with Gasteiger partial charge in [-0.05, 0) is 57.9 Å². The molecule has 4 rings (SSSR count). The van der Waals surface area contributed by atoms with Crippen molar-refractivity contribution in [2.45, 2.75) is 46.5 Å². The fourth-order valence-corrected chi connectivity index (χ4v) is 4.09. The van der Waals surface area contributed by atoms with Crippen LogP contribution in [0.15, 0.2) is 36.5 Å². The lowest BCUT2D eigenvalue weighted by atomic mass is 9.90. The Morgan fingerprint density at radius 3 is 2.54 bits per heavy atom. The number of hydrogen-bond acceptors (Lipinski definition) is 3. The van der Waals surface area contributed by atoms with E-state index < -0.39 is 0 Å². The van der Waals surface area contributed by atoms with Gasteiger partial charge in [0.25, 0.3) is 5.91 Å². The molecule has 0 bridgehead atoms. The van der Waals surface area contributed by atoms with E-state index >= 15 is 0 Å². The highest BCUT2D eigenvalue weighted by molar-refractivity contribution is 5.95. The van der Waals surface area contributed by atoms with Gasteiger partial charge in [-0.15, -0.1) is 0 Å². The van der Waals surface area contributed by atoms with E-state index in [1.54, 1.807) is 10.7 Å². The van der Waals surface area contributed by atoms with Crippen molar-refractivity contribution in [3.05, 3.63) is 64.6 Å². The van der Waals surface area contributed by atoms with Gasteiger partial charge in [-0.3, -0.25) is 4.79 Å². The molecule has 1 saturated heterocycles. The lowest BCUT2D eigenvalue weighted by Crippen LogP contribution is -2.39. The molecule has 28 heavy (non-hydrogen) atoms. The second-order valence-electron chi connectivity index (χ2n) is 8.07. The number of nitrogens with zero attached hydrogens (tertiary/aromatic N) is 4. The van der Waals surface area contributed by atoms with E-state index in [2.05, 4.69) is 41.3 Å². The number of likely N-dealkylation sites (tertiary alicyclic amines) is 1. The van der Waals surface area contributed by atoms with Crippen LogP contribution in [0.1, 0.15) is 52.1 Å². The van der Waals surface area contributed by atoms with Crippen molar-refractivity contribution in [1.29, 1.82) is 0 Å². The van der Waals surface area contributed by atoms with Crippen molar-refractivity contribution >= 4 is 11.6 Å². The monoisotopic (exact) mass is 376 g/mol. The predicted octanol–water partition coefficient (Wildman–Crippen LogP) is 4.14. The first-order valence-electron chi connectivity index (χ1n) is 10.2. The molecule has 0 atom stereocenters. The van der Waals surface area contributed by atoms with Gasteiger partial charge in [-0.25, -0.2) is 9.50 Å². The third kappa shape index (κ3) is 3.79. The van der Waals surface area contributed by atoms with Crippen molar-refractivity contribution < 1.29 is 4.79 Å². The summed E-state index contributed by atoms with van der Waals surface area (Å²) in [5, 5.41) is 4.45. The first kappa shape index (κ1) is 18.7. The van der Waals surface area contributed by atoms with Gasteiger partial charge in [0.15, 0.2) is 5.65 Å². The number of piperidine rings is 1. The molecule has 3 heterocycles. The average Bonchev–Trinajstić information content (AvgIpc) is 3.09. The number of carbonyl (C=O) groups excluding carboxylic acids is 1. The molecule has 1 aliphatic rings. The minimum absolute atomic E-state index is 0.0806. The van der Waals surface area contributed by atoms with Crippen LogP contribution in [0.2, 0.25) is 0 Å². The number of benzene rings is 1. The Morgan fingerprint density at radius 2 is 1.82 bits per heavy atom. The molecule has 3 aromatic rings. The maximum Gasteiger partial charge on any atom is 0.257 e. The standard InChI is InChI=1S/C23H28N4O/c1-16-4-6-19(7-5-16)8-9-20-10-12-26(13-11-20)23(28)21-15-24-22-14-17(2)25-27(22)18(21)3/h4-7,14-15,20H,8-13H2,1-3H3. The summed E-state index contributed by atoms with van der Waals surface area (Å²) in [6.07, 6.45) is 6.18. The molecular weight excluding hydrogens is 348 g/mol. The van der Waals surface area contributed by atoms with E-state index in [4.69, 9.17) is 0 Å². The largest absolute Gasteiger partial charge is 0.339 e. The first-order chi connectivity index (χ1) is 13.5. The third-order valence-electron chi connectivity index (χ3n) is 5.94. The summed E-state index contributed by atoms with van der Waals surface area (Å²) >= 11 is 0. The molecule has 1 aliphatic heterocycles. The highest BCUT2D eigenvalue weighted by Gasteiger charge is 2.25. The molecule has 1 aromatic carbocycles. The van der Waals surface area contributed by atoms with Gasteiger partial charge in [-0.2, -0.15) is 5.10 Å². The zero-order valence-corrected chi connectivity index (χ0v) is 17.0. The Kier molecular flexibility index (Phi) is 5.16. The molecular formula is C23H28N4O. The fraction of sp³-hybridized carbons (Fsp3) is 0.435. The van der Waals surface area contributed by atoms with Crippen LogP contribution in [-0.2, 0) is 6.42 Å². The van der Waals surface area contributed by atoms with Gasteiger partial charge in [0.05, 0.1) is 17.0 Å². The Hall–Kier alpha value is -2.69. The summed E-state index contributed by atoms with van der Waals surface area (Å²) in [5.74, 6) is 0.776. The van der Waals surface area contributed by atoms with Crippen LogP contribution in [0.25, 0.3) is 5.65 Å². The molecule has 2 aromatic heterocycles. The van der Waals surface area contributed by atoms with Crippen molar-refractivity contribution in [2.24, 2.45) is 5.92 Å². The van der Waals surface area contributed by atoms with E-state index in [1.165, 1.54) is 17.5 Å². The molecule has 5 heteroatoms. The summed E-state index contributed by atoms with van der Waals surface area (Å²) in [6, 6.07) is 10.8. The zero-order chi connectivity index (χ0) is 19.7. The smallest absolute Gasteiger partial charge is 0.257 e. The van der Waals surface area contributed by atoms with E-state index in [-0.39, 0.29) is 5.91 Å². The van der Waals surface area contributed by atoms with Crippen LogP contribution in [0.3, 0.4) is 0 Å². The van der Waals surface area contributed by atoms with Crippen molar-refractivity contribution in [2.75, 3.05) is 13.1 Å². The SMILES string of the molecule is Cc1ccc(CCC2CCN(C(=O)c3cnc4cc(C)nn4c3C)CC2)cc1. The maximum atomic E-state index is 13.0. The number of aryl methyl sites for hydroxylation is 4. The highest BCUT2D eigenvalue weighted by Crippen LogP contribution is 2.24. The average molecular weight is 377 g/mol. The normalized spacial score (nSPS) is 15.3. The third-order valence-corrected chi connectivity index (χ3v) is 5.94. The van der Waals surface area contributed by atoms with E-state index in [9.17, 15) is 4.79 Å². The quantitative estimate of drug-likeness (QED) is 0.688. The van der Waals surface area contributed by atoms with Gasteiger partial charge in [0.1, 0.15) is 0 Å². The first-order valence-corrected chi connectivity index (χ1v) is 10.2. The predicted molar refractivity (Wildman–Crippen MR) is 111 cm³/mol. The van der Waals surface area contributed by atoms with Crippen LogP contribution in [0, 0.1) is 26.7 Å². The molecule has 1 amide bonds. The number of hydrogen-bond donors (Lipinski definition) is 0. The summed E-state index contributed by atoms with van der Waals surface area (Å²) in [4.78, 5) is 19.4. The van der Waals surface area contributed by atoms with Crippen molar-refractivity contribution in [3.63, 3.8) is 0 Å². The second-order valence-corrected chi connectivity index (χ2v) is 8.07. The number of carbonyl (C=O) groups is 1. The Bertz CT molecular complexity index is 982. The summed E-state index contributed by atoms with van der Waals surface area (Å²) in [7, 11) is 0. The molecule has 1 fully saturated rings. The van der Waals surface area contributed by atoms with Gasteiger partial charge in [-0.1, -0.05) is 29.8 Å². The minimum Gasteiger partial charge on any atom is -0.339 e. The van der Waals surface area contributed by atoms with Crippen molar-refractivity contribution in [1.82, 2.24) is 19.5 Å². The molecule has 0 saturated carbocycles. The van der Waals surface area contributed by atoms with E-state index in [0.717, 1.165) is 49.4 Å². The molecule has 0 aliphatic carbocycles. The summed E-state index contributed by atoms with van der Waals surface area (Å²) < 4.78 is 1.77. The molecule has 5 nitrogen and oxygen atoms in total. The lowest BCUT2D eigenvalue weighted by molar-refractivity contribution is 0.0685. The summed E-state index contributed by atoms with van der Waals surface area (Å²) in [6.45, 7) is 7.67. The van der Waals surface area contributed by atoms with Crippen LogP contribution in [0.5, 0.6) is 0 Å². The molecule has 0 unspecified atom stereocenters. The lowest BCUT2D eigenvalue weighted by Gasteiger charge is -2.32. The van der Waals surface area contributed by atoms with Gasteiger partial charge in [0.2, 0.25) is 0 Å². The second kappa shape index (κ2) is 7.74. The Labute approximate surface area is 166 Å². The molecule has 0 spiro atoms. The Balaban J connectivity index is 1.36. The number of amides is 1. The zero-order valence-electron chi connectivity index (χ0n) is 17.0. The Morgan fingerprint density at radius 1 is 1.11 bits per heavy atom. The minimum atomic E-state index is 0.0806. The number of fused-ring (bicyclic) bond motifs is 1. The van der Waals surface area contributed by atoms with Crippen LogP contribution >= 0.6 is 0 Å². The molecule has 146 valence electrons. The summed E-state index contributed by atoms with van der Waals surface area (Å²) in [5.41, 5.74) is 5.95. The highest BCUT2D eigenvalue weighted by atomic mass is 16.2. The van der Waals surface area contributed by atoms with Crippen molar-refractivity contribution in [3.8, 4) is 0 Å². The van der Waals surface area contributed by atoms with E-state index in [1.807, 2.05) is 24.8 Å². The fourth-order valence-electron chi connectivity index (χ4n) is 4.09. The van der Waals surface area contributed by atoms with Gasteiger partial charge in [0, 0.05) is 25.4 Å². The van der Waals surface area contributed by atoms with Crippen LogP contribution in [-0.4, -0.2) is 38.5 Å². The van der Waals surface area contributed by atoms with Crippen LogP contribution < -0.4 is 0 Å². The van der Waals surface area contributed by atoms with Gasteiger partial charge >= 0.3 is 0 Å². The molecule has 0 radical (unpaired) electrons. The van der Waals surface area contributed by atoms with Gasteiger partial charge < -0.3 is 4.90 Å². The maximum absolute atomic E-state index is 13.0. The topological polar surface area (TPSA) is 50.5 Å². The number of aromatic nitrogens is 3. The molecule has 0 N–H and O–H groups in total. The van der Waals surface area contributed by atoms with Crippen LogP contribution in [0.4, 0.5) is 0 Å². The van der Waals surface area contributed by atoms with E-state index in [0.29, 0.717) is 11.5 Å². The number of rotatable bonds is 4.